The molecule has 2 heterocycles. The van der Waals surface area contributed by atoms with Crippen molar-refractivity contribution in [3.05, 3.63) is 106 Å². The largest absolute Gasteiger partial charge is 0.417 e. The van der Waals surface area contributed by atoms with Crippen LogP contribution in [0.25, 0.3) is 11.4 Å². The van der Waals surface area contributed by atoms with Gasteiger partial charge in [0.2, 0.25) is 0 Å². The number of hydrogen-bond acceptors (Lipinski definition) is 3. The Morgan fingerprint density at radius 1 is 1.00 bits per heavy atom. The van der Waals surface area contributed by atoms with Gasteiger partial charge >= 0.3 is 6.18 Å². The first-order chi connectivity index (χ1) is 16.2. The Hall–Kier alpha value is -3.52. The van der Waals surface area contributed by atoms with E-state index in [4.69, 9.17) is 11.6 Å². The number of halogens is 5. The highest BCUT2D eigenvalue weighted by molar-refractivity contribution is 6.31. The summed E-state index contributed by atoms with van der Waals surface area (Å²) in [4.78, 5) is 24.4. The molecule has 9 heteroatoms. The fourth-order valence-corrected chi connectivity index (χ4v) is 3.81. The first-order valence-corrected chi connectivity index (χ1v) is 10.7. The van der Waals surface area contributed by atoms with Crippen molar-refractivity contribution in [2.24, 2.45) is 0 Å². The Morgan fingerprint density at radius 2 is 1.79 bits per heavy atom. The molecular formula is C25H18ClF4N3O. The third kappa shape index (κ3) is 5.69. The van der Waals surface area contributed by atoms with Crippen molar-refractivity contribution in [3.63, 3.8) is 0 Å². The summed E-state index contributed by atoms with van der Waals surface area (Å²) >= 11 is 5.62. The molecule has 0 saturated heterocycles. The predicted molar refractivity (Wildman–Crippen MR) is 120 cm³/mol. The molecule has 0 spiro atoms. The summed E-state index contributed by atoms with van der Waals surface area (Å²) < 4.78 is 53.6. The van der Waals surface area contributed by atoms with E-state index in [2.05, 4.69) is 15.0 Å². The van der Waals surface area contributed by atoms with Crippen LogP contribution >= 0.6 is 11.6 Å². The van der Waals surface area contributed by atoms with Gasteiger partial charge in [0.05, 0.1) is 22.0 Å². The summed E-state index contributed by atoms with van der Waals surface area (Å²) in [5, 5.41) is -0.440. The quantitative estimate of drug-likeness (QED) is 0.314. The Labute approximate surface area is 197 Å². The lowest BCUT2D eigenvalue weighted by atomic mass is 9.99. The van der Waals surface area contributed by atoms with Crippen LogP contribution in [0.5, 0.6) is 0 Å². The van der Waals surface area contributed by atoms with Crippen LogP contribution in [0.4, 0.5) is 17.6 Å². The van der Waals surface area contributed by atoms with Gasteiger partial charge in [0.15, 0.2) is 0 Å². The van der Waals surface area contributed by atoms with E-state index < -0.39 is 28.4 Å². The number of rotatable bonds is 7. The molecule has 174 valence electrons. The molecule has 2 aromatic carbocycles. The van der Waals surface area contributed by atoms with Crippen LogP contribution in [0.1, 0.15) is 28.1 Å². The molecule has 4 aromatic rings. The van der Waals surface area contributed by atoms with Gasteiger partial charge in [-0.3, -0.25) is 4.79 Å². The molecule has 0 aliphatic carbocycles. The summed E-state index contributed by atoms with van der Waals surface area (Å²) in [6.07, 6.45) is -1.42. The summed E-state index contributed by atoms with van der Waals surface area (Å²) in [6, 6.07) is 13.2. The molecule has 4 rings (SSSR count). The van der Waals surface area contributed by atoms with E-state index in [0.29, 0.717) is 23.5 Å². The van der Waals surface area contributed by atoms with E-state index in [1.54, 1.807) is 30.6 Å². The second-order valence-corrected chi connectivity index (χ2v) is 8.16. The maximum atomic E-state index is 14.4. The zero-order valence-electron chi connectivity index (χ0n) is 17.7. The average molecular weight is 488 g/mol. The number of H-pyrrole nitrogens is 1. The monoisotopic (exact) mass is 487 g/mol. The van der Waals surface area contributed by atoms with Crippen molar-refractivity contribution in [3.8, 4) is 11.4 Å². The number of aromatic amines is 1. The highest BCUT2D eigenvalue weighted by Gasteiger charge is 2.33. The molecule has 0 radical (unpaired) electrons. The molecule has 4 nitrogen and oxygen atoms in total. The number of hydrogen-bond donors (Lipinski definition) is 1. The molecule has 1 N–H and O–H groups in total. The molecule has 34 heavy (non-hydrogen) atoms. The van der Waals surface area contributed by atoms with Gasteiger partial charge < -0.3 is 4.98 Å². The Morgan fingerprint density at radius 3 is 2.53 bits per heavy atom. The number of carbonyl (C=O) groups excluding carboxylic acids is 1. The molecule has 2 aromatic heterocycles. The summed E-state index contributed by atoms with van der Waals surface area (Å²) in [7, 11) is 0. The number of benzene rings is 2. The van der Waals surface area contributed by atoms with Crippen molar-refractivity contribution >= 4 is 17.4 Å². The van der Waals surface area contributed by atoms with E-state index in [1.807, 2.05) is 12.1 Å². The van der Waals surface area contributed by atoms with Gasteiger partial charge in [0, 0.05) is 31.7 Å². The lowest BCUT2D eigenvalue weighted by Gasteiger charge is -2.11. The van der Waals surface area contributed by atoms with Crippen LogP contribution in [0.3, 0.4) is 0 Å². The van der Waals surface area contributed by atoms with Crippen molar-refractivity contribution in [2.75, 3.05) is 0 Å². The molecule has 0 fully saturated rings. The highest BCUT2D eigenvalue weighted by atomic mass is 35.5. The topological polar surface area (TPSA) is 58.6 Å². The molecule has 0 amide bonds. The van der Waals surface area contributed by atoms with Gasteiger partial charge in [-0.15, -0.1) is 0 Å². The standard InChI is InChI=1S/C25H18ClF4N3O/c26-20-5-3-16(12-19(20)25(28,29)30)11-18(34)14-17-10-15(4-6-21(17)27)13-24-32-9-7-23(33-24)22-2-1-8-31-22/h1-10,12,31H,11,13-14H2. The Balaban J connectivity index is 1.48. The minimum absolute atomic E-state index is 0.160. The van der Waals surface area contributed by atoms with Gasteiger partial charge in [-0.25, -0.2) is 14.4 Å². The van der Waals surface area contributed by atoms with Crippen LogP contribution < -0.4 is 0 Å². The number of nitrogens with zero attached hydrogens (tertiary/aromatic N) is 2. The highest BCUT2D eigenvalue weighted by Crippen LogP contribution is 2.35. The number of alkyl halides is 3. The van der Waals surface area contributed by atoms with Gasteiger partial charge in [-0.1, -0.05) is 29.8 Å². The van der Waals surface area contributed by atoms with Crippen molar-refractivity contribution in [2.45, 2.75) is 25.4 Å². The summed E-state index contributed by atoms with van der Waals surface area (Å²) in [5.74, 6) is -0.460. The van der Waals surface area contributed by atoms with Crippen LogP contribution in [0.2, 0.25) is 5.02 Å². The molecule has 0 saturated carbocycles. The second kappa shape index (κ2) is 9.77. The molecule has 0 unspecified atom stereocenters. The molecular weight excluding hydrogens is 470 g/mol. The first-order valence-electron chi connectivity index (χ1n) is 10.3. The summed E-state index contributed by atoms with van der Waals surface area (Å²) in [5.41, 5.74) is 1.58. The Bertz CT molecular complexity index is 1320. The minimum atomic E-state index is -4.63. The molecule has 0 bridgehead atoms. The predicted octanol–water partition coefficient (Wildman–Crippen LogP) is 6.23. The van der Waals surface area contributed by atoms with E-state index in [-0.39, 0.29) is 24.0 Å². The van der Waals surface area contributed by atoms with Crippen LogP contribution in [-0.4, -0.2) is 20.7 Å². The normalized spacial score (nSPS) is 11.6. The van der Waals surface area contributed by atoms with E-state index in [9.17, 15) is 22.4 Å². The van der Waals surface area contributed by atoms with Crippen molar-refractivity contribution in [1.82, 2.24) is 15.0 Å². The van der Waals surface area contributed by atoms with Crippen LogP contribution in [0, 0.1) is 5.82 Å². The van der Waals surface area contributed by atoms with Crippen LogP contribution in [0.15, 0.2) is 67.0 Å². The van der Waals surface area contributed by atoms with Crippen LogP contribution in [-0.2, 0) is 30.2 Å². The fraction of sp³-hybridized carbons (Fsp3) is 0.160. The third-order valence-corrected chi connectivity index (χ3v) is 5.51. The fourth-order valence-electron chi connectivity index (χ4n) is 3.58. The minimum Gasteiger partial charge on any atom is -0.360 e. The lowest BCUT2D eigenvalue weighted by molar-refractivity contribution is -0.137. The average Bonchev–Trinajstić information content (AvgIpc) is 3.32. The smallest absolute Gasteiger partial charge is 0.360 e. The number of ketones is 1. The zero-order valence-corrected chi connectivity index (χ0v) is 18.4. The maximum absolute atomic E-state index is 14.4. The SMILES string of the molecule is O=C(Cc1ccc(Cl)c(C(F)(F)F)c1)Cc1cc(Cc2nccc(-c3ccc[nH]3)n2)ccc1F. The van der Waals surface area contributed by atoms with Gasteiger partial charge in [-0.05, 0) is 53.1 Å². The molecule has 0 aliphatic rings. The number of nitrogens with one attached hydrogen (secondary N) is 1. The van der Waals surface area contributed by atoms with Gasteiger partial charge in [-0.2, -0.15) is 13.2 Å². The Kier molecular flexibility index (Phi) is 6.79. The number of carbonyl (C=O) groups is 1. The zero-order chi connectivity index (χ0) is 24.3. The third-order valence-electron chi connectivity index (χ3n) is 5.18. The van der Waals surface area contributed by atoms with E-state index in [1.165, 1.54) is 12.1 Å². The van der Waals surface area contributed by atoms with Crippen molar-refractivity contribution in [1.29, 1.82) is 0 Å². The molecule has 0 aliphatic heterocycles. The van der Waals surface area contributed by atoms with Crippen molar-refractivity contribution < 1.29 is 22.4 Å². The number of Topliss-reactive ketones (excluding diaryl/α,β-unsaturated/α-hetero) is 1. The summed E-state index contributed by atoms with van der Waals surface area (Å²) in [6.45, 7) is 0. The van der Waals surface area contributed by atoms with Gasteiger partial charge in [0.1, 0.15) is 17.4 Å². The second-order valence-electron chi connectivity index (χ2n) is 7.75. The maximum Gasteiger partial charge on any atom is 0.417 e. The van der Waals surface area contributed by atoms with Gasteiger partial charge in [0.25, 0.3) is 0 Å². The van der Waals surface area contributed by atoms with E-state index >= 15 is 0 Å². The first kappa shape index (κ1) is 23.6. The number of aromatic nitrogens is 3. The van der Waals surface area contributed by atoms with E-state index in [0.717, 1.165) is 17.8 Å². The lowest BCUT2D eigenvalue weighted by Crippen LogP contribution is -2.11. The molecule has 0 atom stereocenters.